The molecule has 6 unspecified atom stereocenters. The number of benzene rings is 8. The number of hydrogen-bond acceptors (Lipinski definition) is 22. The number of hydrogen-bond donors (Lipinski definition) is 7. The summed E-state index contributed by atoms with van der Waals surface area (Å²) in [6.45, 7) is 17.2. The molecule has 5 aliphatic rings. The number of nitrogens with zero attached hydrogens (tertiary/aromatic N) is 2. The van der Waals surface area contributed by atoms with Crippen molar-refractivity contribution in [1.82, 2.24) is 9.80 Å². The summed E-state index contributed by atoms with van der Waals surface area (Å²) in [5.41, 5.74) is 9.12. The highest BCUT2D eigenvalue weighted by atomic mass is 16.5. The van der Waals surface area contributed by atoms with Crippen LogP contribution in [0.1, 0.15) is 137 Å². The summed E-state index contributed by atoms with van der Waals surface area (Å²) in [5, 5.41) is 67.5. The minimum atomic E-state index is -1.07. The summed E-state index contributed by atoms with van der Waals surface area (Å²) < 4.78 is 45.9. The third-order valence-corrected chi connectivity index (χ3v) is 23.8. The summed E-state index contributed by atoms with van der Waals surface area (Å²) >= 11 is 0. The average Bonchev–Trinajstić information content (AvgIpc) is 0.829. The predicted octanol–water partition coefficient (Wildman–Crippen LogP) is 13.7. The fourth-order valence-corrected chi connectivity index (χ4v) is 16.1. The van der Waals surface area contributed by atoms with Gasteiger partial charge in [-0.05, 0) is 107 Å². The lowest BCUT2D eigenvalue weighted by atomic mass is 9.79. The van der Waals surface area contributed by atoms with Crippen molar-refractivity contribution in [2.75, 3.05) is 59.2 Å². The number of carbonyl (C=O) groups is 5. The van der Waals surface area contributed by atoms with Crippen LogP contribution < -0.4 is 0 Å². The summed E-state index contributed by atoms with van der Waals surface area (Å²) in [5.74, 6) is -1.47. The van der Waals surface area contributed by atoms with Gasteiger partial charge in [-0.3, -0.25) is 24.2 Å². The van der Waals surface area contributed by atoms with Crippen LogP contribution in [0.3, 0.4) is 0 Å². The second-order valence-corrected chi connectivity index (χ2v) is 33.2. The summed E-state index contributed by atoms with van der Waals surface area (Å²) in [6, 6.07) is 80.6. The van der Waals surface area contributed by atoms with E-state index in [4.69, 9.17) is 53.2 Å². The Hall–Kier alpha value is -9.05. The number of carbonyl (C=O) groups excluding carboxylic acids is 5. The van der Waals surface area contributed by atoms with E-state index in [9.17, 15) is 44.4 Å². The van der Waals surface area contributed by atoms with Crippen molar-refractivity contribution in [2.24, 2.45) is 53.3 Å². The zero-order chi connectivity index (χ0) is 88.6. The van der Waals surface area contributed by atoms with Crippen molar-refractivity contribution in [3.05, 3.63) is 287 Å². The predicted molar refractivity (Wildman–Crippen MR) is 475 cm³/mol. The minimum Gasteiger partial charge on any atom is -0.466 e. The van der Waals surface area contributed by atoms with Gasteiger partial charge in [0.05, 0.1) is 120 Å². The van der Waals surface area contributed by atoms with Gasteiger partial charge in [-0.2, -0.15) is 0 Å². The Balaban J connectivity index is 0.000000188. The molecule has 3 saturated carbocycles. The molecule has 124 heavy (non-hydrogen) atoms. The van der Waals surface area contributed by atoms with Gasteiger partial charge in [-0.25, -0.2) is 0 Å². The van der Waals surface area contributed by atoms with Crippen molar-refractivity contribution in [3.8, 4) is 0 Å². The summed E-state index contributed by atoms with van der Waals surface area (Å²) in [6.07, 6.45) is 5.98. The van der Waals surface area contributed by atoms with Gasteiger partial charge in [0.25, 0.3) is 0 Å². The SMILES string of the molecule is CC(=O)OCC1CCC[C@H](OCc2ccccc2)[C@@H]1C.CC(=O)OCC1CN(Cc2ccccc2)C[C@H](OCc2ccccc2)[C@@H]1C.C[C@H](C=O)[C@@H](O)C(C=O)CO.O=C(OCc1ccccc1)C1CCC[C@H](OCc2ccccc2)[C@@H]1O.OCC1CCC[C@H](OCc2ccccc2)[C@@H]1O.OCC1CN(Cc2ccccc2)C[C@H](OCc2ccccc2)[C@@H]1O. The Labute approximate surface area is 733 Å². The first-order valence-corrected chi connectivity index (χ1v) is 44.0. The molecule has 22 heteroatoms. The Morgan fingerprint density at radius 2 is 0.694 bits per heavy atom. The molecule has 0 aromatic heterocycles. The van der Waals surface area contributed by atoms with E-state index < -0.39 is 48.8 Å². The topological polar surface area (TPSA) is 307 Å². The first-order valence-electron chi connectivity index (χ1n) is 44.0. The highest BCUT2D eigenvalue weighted by Crippen LogP contribution is 2.35. The number of piperidine rings is 2. The molecule has 3 aliphatic carbocycles. The van der Waals surface area contributed by atoms with Gasteiger partial charge in [0.1, 0.15) is 19.2 Å². The van der Waals surface area contributed by atoms with Gasteiger partial charge in [0.2, 0.25) is 0 Å². The van der Waals surface area contributed by atoms with Crippen LogP contribution >= 0.6 is 0 Å². The van der Waals surface area contributed by atoms with Crippen LogP contribution in [0, 0.1) is 53.3 Å². The van der Waals surface area contributed by atoms with Crippen molar-refractivity contribution >= 4 is 30.5 Å². The van der Waals surface area contributed by atoms with Crippen LogP contribution in [0.4, 0.5) is 0 Å². The maximum Gasteiger partial charge on any atom is 0.312 e. The summed E-state index contributed by atoms with van der Waals surface area (Å²) in [4.78, 5) is 59.5. The second kappa shape index (κ2) is 56.8. The number of rotatable bonds is 33. The molecule has 22 nitrogen and oxygen atoms in total. The lowest BCUT2D eigenvalue weighted by molar-refractivity contribution is -0.164. The molecule has 2 aliphatic heterocycles. The zero-order valence-electron chi connectivity index (χ0n) is 72.9. The Morgan fingerprint density at radius 1 is 0.371 bits per heavy atom. The van der Waals surface area contributed by atoms with Crippen LogP contribution in [0.5, 0.6) is 0 Å². The lowest BCUT2D eigenvalue weighted by Gasteiger charge is -2.42. The van der Waals surface area contributed by atoms with E-state index >= 15 is 0 Å². The van der Waals surface area contributed by atoms with Crippen molar-refractivity contribution < 1.29 is 97.6 Å². The molecular weight excluding hydrogens is 1570 g/mol. The fourth-order valence-electron chi connectivity index (χ4n) is 16.1. The average molecular weight is 1710 g/mol. The molecule has 0 radical (unpaired) electrons. The maximum absolute atomic E-state index is 12.4. The Morgan fingerprint density at radius 3 is 1.09 bits per heavy atom. The van der Waals surface area contributed by atoms with Crippen molar-refractivity contribution in [3.63, 3.8) is 0 Å². The van der Waals surface area contributed by atoms with Gasteiger partial charge in [-0.15, -0.1) is 0 Å². The van der Waals surface area contributed by atoms with E-state index in [-0.39, 0.29) is 86.0 Å². The minimum absolute atomic E-state index is 0.0236. The van der Waals surface area contributed by atoms with Crippen LogP contribution in [-0.2, 0) is 115 Å². The van der Waals surface area contributed by atoms with Crippen molar-refractivity contribution in [2.45, 2.75) is 200 Å². The van der Waals surface area contributed by atoms with E-state index in [0.29, 0.717) is 96.1 Å². The Kier molecular flexibility index (Phi) is 46.0. The lowest BCUT2D eigenvalue weighted by Crippen LogP contribution is -2.54. The number of aliphatic hydroxyl groups is 7. The highest BCUT2D eigenvalue weighted by molar-refractivity contribution is 5.73. The summed E-state index contributed by atoms with van der Waals surface area (Å²) in [7, 11) is 0. The molecule has 0 spiro atoms. The monoisotopic (exact) mass is 1710 g/mol. The van der Waals surface area contributed by atoms with Gasteiger partial charge in [0.15, 0.2) is 0 Å². The van der Waals surface area contributed by atoms with Gasteiger partial charge in [0, 0.05) is 90.0 Å². The molecule has 8 aromatic rings. The molecule has 7 N–H and O–H groups in total. The Bertz CT molecular complexity index is 4170. The fraction of sp³-hybridized carbons (Fsp3) is 0.480. The molecule has 0 bridgehead atoms. The highest BCUT2D eigenvalue weighted by Gasteiger charge is 2.40. The smallest absolute Gasteiger partial charge is 0.312 e. The van der Waals surface area contributed by atoms with E-state index in [1.165, 1.54) is 43.0 Å². The van der Waals surface area contributed by atoms with Crippen molar-refractivity contribution in [1.29, 1.82) is 0 Å². The molecule has 8 aromatic carbocycles. The number of ether oxygens (including phenoxy) is 8. The largest absolute Gasteiger partial charge is 0.466 e. The molecule has 2 saturated heterocycles. The van der Waals surface area contributed by atoms with Gasteiger partial charge < -0.3 is 83.2 Å². The quantitative estimate of drug-likeness (QED) is 0.0114. The van der Waals surface area contributed by atoms with E-state index in [0.717, 1.165) is 99.8 Å². The maximum atomic E-state index is 12.4. The number of aliphatic hydroxyl groups excluding tert-OH is 7. The number of esters is 3. The number of likely N-dealkylation sites (tertiary alicyclic amines) is 2. The van der Waals surface area contributed by atoms with Crippen LogP contribution in [0.25, 0.3) is 0 Å². The van der Waals surface area contributed by atoms with E-state index in [1.54, 1.807) is 0 Å². The molecule has 5 fully saturated rings. The van der Waals surface area contributed by atoms with Crippen LogP contribution in [0.15, 0.2) is 243 Å². The first-order chi connectivity index (χ1) is 60.3. The molecule has 672 valence electrons. The molecule has 13 rings (SSSR count). The van der Waals surface area contributed by atoms with E-state index in [1.807, 2.05) is 182 Å². The van der Waals surface area contributed by atoms with Gasteiger partial charge >= 0.3 is 17.9 Å². The van der Waals surface area contributed by atoms with Crippen LogP contribution in [-0.4, -0.2) is 190 Å². The van der Waals surface area contributed by atoms with Gasteiger partial charge in [-0.1, -0.05) is 276 Å². The first kappa shape index (κ1) is 100. The second-order valence-electron chi connectivity index (χ2n) is 33.2. The zero-order valence-corrected chi connectivity index (χ0v) is 72.9. The molecule has 18 atom stereocenters. The third-order valence-electron chi connectivity index (χ3n) is 23.8. The molecule has 0 amide bonds. The normalized spacial score (nSPS) is 24.4. The number of aldehydes is 2. The third kappa shape index (κ3) is 35.8. The van der Waals surface area contributed by atoms with E-state index in [2.05, 4.69) is 84.3 Å². The molecule has 2 heterocycles. The standard InChI is InChI=1S/C23H29NO3.C21H24O4.C20H25NO3.C17H24O3.C14H20O3.C7H12O4/c1-18-22(17-26-19(2)25)14-24(13-20-9-5-3-6-10-20)15-23(18)27-16-21-11-7-4-8-12-21;22-20-18(21(23)25-15-17-10-5-2-6-11-17)12-7-13-19(20)24-14-16-8-3-1-4-9-16;22-14-18-12-21(11-16-7-3-1-4-8-16)13-19(20(18)23)24-15-17-9-5-2-6-10-17;1-13-16(12-19-14(2)18)9-6-10-17(13)20-11-15-7-4-3-5-8-15;15-9-12-7-4-8-13(14(12)16)17-10-11-5-2-1-3-6-11;1-5(2-8)7(11)6(3-9)4-10/h3-12,18,22-23H,13-17H2,1-2H3;1-6,8-11,18-20,22H,7,12-15H2;1-10,18-20,22-23H,11-15H2;3-5,7-8,13,16-17H,6,9-12H2,1-2H3;1-3,5-6,12-16H,4,7-10H2;2-3,5-7,10-11H,4H2,1H3/t18-,22?,23+;2*18?,19-,20+;13-,16?,17+;12?,13-,14+;5-,6?,7-/m100101/s1. The van der Waals surface area contributed by atoms with Crippen LogP contribution in [0.2, 0.25) is 0 Å². The molecular formula is C102H134N2O20.